The smallest absolute Gasteiger partial charge is 0.306 e. The van der Waals surface area contributed by atoms with Crippen molar-refractivity contribution >= 4 is 17.7 Å². The van der Waals surface area contributed by atoms with Gasteiger partial charge in [0.1, 0.15) is 5.60 Å². The SMILES string of the molecule is CCCCCSCCCC(=O)OC(C)(C)C. The molecule has 3 heteroatoms. The Labute approximate surface area is 105 Å². The molecule has 0 N–H and O–H groups in total. The first kappa shape index (κ1) is 15.8. The van der Waals surface area contributed by atoms with Crippen LogP contribution in [0.25, 0.3) is 0 Å². The summed E-state index contributed by atoms with van der Waals surface area (Å²) >= 11 is 1.95. The van der Waals surface area contributed by atoms with Crippen LogP contribution in [0, 0.1) is 0 Å². The maximum absolute atomic E-state index is 11.4. The Kier molecular flexibility index (Phi) is 8.81. The van der Waals surface area contributed by atoms with Crippen molar-refractivity contribution in [3.05, 3.63) is 0 Å². The van der Waals surface area contributed by atoms with Crippen LogP contribution < -0.4 is 0 Å². The Morgan fingerprint density at radius 2 is 1.75 bits per heavy atom. The predicted molar refractivity (Wildman–Crippen MR) is 71.9 cm³/mol. The molecule has 0 spiro atoms. The quantitative estimate of drug-likeness (QED) is 0.478. The number of hydrogen-bond acceptors (Lipinski definition) is 3. The van der Waals surface area contributed by atoms with E-state index in [9.17, 15) is 4.79 Å². The summed E-state index contributed by atoms with van der Waals surface area (Å²) in [5, 5.41) is 0. The molecule has 96 valence electrons. The van der Waals surface area contributed by atoms with Gasteiger partial charge in [-0.1, -0.05) is 19.8 Å². The fraction of sp³-hybridized carbons (Fsp3) is 0.923. The van der Waals surface area contributed by atoms with Crippen LogP contribution in [0.3, 0.4) is 0 Å². The molecule has 0 saturated heterocycles. The van der Waals surface area contributed by atoms with E-state index in [2.05, 4.69) is 6.92 Å². The molecule has 0 fully saturated rings. The van der Waals surface area contributed by atoms with Gasteiger partial charge in [-0.15, -0.1) is 0 Å². The lowest BCUT2D eigenvalue weighted by atomic mass is 10.2. The number of esters is 1. The maximum atomic E-state index is 11.4. The Morgan fingerprint density at radius 1 is 1.12 bits per heavy atom. The van der Waals surface area contributed by atoms with Crippen LogP contribution in [0.2, 0.25) is 0 Å². The molecule has 2 nitrogen and oxygen atoms in total. The third kappa shape index (κ3) is 11.9. The van der Waals surface area contributed by atoms with Gasteiger partial charge in [0.2, 0.25) is 0 Å². The number of rotatable bonds is 8. The molecule has 0 atom stereocenters. The van der Waals surface area contributed by atoms with Gasteiger partial charge >= 0.3 is 5.97 Å². The summed E-state index contributed by atoms with van der Waals surface area (Å²) < 4.78 is 5.23. The molecule has 0 bridgehead atoms. The zero-order valence-electron chi connectivity index (χ0n) is 11.2. The van der Waals surface area contributed by atoms with Crippen molar-refractivity contribution in [3.63, 3.8) is 0 Å². The van der Waals surface area contributed by atoms with E-state index in [0.717, 1.165) is 12.2 Å². The minimum atomic E-state index is -0.342. The van der Waals surface area contributed by atoms with E-state index in [1.54, 1.807) is 0 Å². The van der Waals surface area contributed by atoms with Gasteiger partial charge in [0, 0.05) is 6.42 Å². The first-order valence-corrected chi connectivity index (χ1v) is 7.41. The van der Waals surface area contributed by atoms with Crippen LogP contribution in [0.4, 0.5) is 0 Å². The van der Waals surface area contributed by atoms with Crippen LogP contribution in [-0.4, -0.2) is 23.1 Å². The summed E-state index contributed by atoms with van der Waals surface area (Å²) in [5.41, 5.74) is -0.342. The van der Waals surface area contributed by atoms with Gasteiger partial charge in [-0.05, 0) is 45.1 Å². The van der Waals surface area contributed by atoms with Crippen molar-refractivity contribution in [1.82, 2.24) is 0 Å². The van der Waals surface area contributed by atoms with Crippen molar-refractivity contribution in [3.8, 4) is 0 Å². The molecule has 0 aromatic heterocycles. The van der Waals surface area contributed by atoms with Crippen LogP contribution in [0.5, 0.6) is 0 Å². The summed E-state index contributed by atoms with van der Waals surface area (Å²) in [6.45, 7) is 7.94. The molecular weight excluding hydrogens is 220 g/mol. The van der Waals surface area contributed by atoms with Crippen molar-refractivity contribution in [1.29, 1.82) is 0 Å². The van der Waals surface area contributed by atoms with Gasteiger partial charge in [0.25, 0.3) is 0 Å². The van der Waals surface area contributed by atoms with E-state index in [1.807, 2.05) is 32.5 Å². The van der Waals surface area contributed by atoms with Crippen molar-refractivity contribution in [2.24, 2.45) is 0 Å². The summed E-state index contributed by atoms with van der Waals surface area (Å²) in [4.78, 5) is 11.4. The monoisotopic (exact) mass is 246 g/mol. The number of hydrogen-bond donors (Lipinski definition) is 0. The van der Waals surface area contributed by atoms with E-state index in [0.29, 0.717) is 6.42 Å². The second-order valence-electron chi connectivity index (χ2n) is 5.01. The highest BCUT2D eigenvalue weighted by Crippen LogP contribution is 2.12. The summed E-state index contributed by atoms with van der Waals surface area (Å²) in [7, 11) is 0. The van der Waals surface area contributed by atoms with Crippen LogP contribution in [0.15, 0.2) is 0 Å². The highest BCUT2D eigenvalue weighted by atomic mass is 32.2. The van der Waals surface area contributed by atoms with Gasteiger partial charge in [-0.2, -0.15) is 11.8 Å². The summed E-state index contributed by atoms with van der Waals surface area (Å²) in [6.07, 6.45) is 5.38. The Morgan fingerprint density at radius 3 is 2.31 bits per heavy atom. The number of thioether (sulfide) groups is 1. The van der Waals surface area contributed by atoms with E-state index in [1.165, 1.54) is 25.0 Å². The molecule has 0 aromatic rings. The van der Waals surface area contributed by atoms with Crippen molar-refractivity contribution in [2.45, 2.75) is 65.4 Å². The molecule has 0 unspecified atom stereocenters. The maximum Gasteiger partial charge on any atom is 0.306 e. The lowest BCUT2D eigenvalue weighted by Crippen LogP contribution is -2.23. The minimum absolute atomic E-state index is 0.0679. The topological polar surface area (TPSA) is 26.3 Å². The second kappa shape index (κ2) is 8.91. The zero-order chi connectivity index (χ0) is 12.4. The predicted octanol–water partition coefficient (Wildman–Crippen LogP) is 4.03. The normalized spacial score (nSPS) is 11.5. The van der Waals surface area contributed by atoms with Crippen molar-refractivity contribution < 1.29 is 9.53 Å². The first-order chi connectivity index (χ1) is 7.45. The average Bonchev–Trinajstić information content (AvgIpc) is 2.13. The largest absolute Gasteiger partial charge is 0.460 e. The molecule has 0 amide bonds. The standard InChI is InChI=1S/C13H26O2S/c1-5-6-7-10-16-11-8-9-12(14)15-13(2,3)4/h5-11H2,1-4H3. The van der Waals surface area contributed by atoms with Gasteiger partial charge in [0.15, 0.2) is 0 Å². The fourth-order valence-electron chi connectivity index (χ4n) is 1.27. The minimum Gasteiger partial charge on any atom is -0.460 e. The molecule has 0 aromatic carbocycles. The Bertz CT molecular complexity index is 185. The van der Waals surface area contributed by atoms with Gasteiger partial charge in [0.05, 0.1) is 0 Å². The fourth-order valence-corrected chi connectivity index (χ4v) is 2.23. The van der Waals surface area contributed by atoms with E-state index in [4.69, 9.17) is 4.74 Å². The second-order valence-corrected chi connectivity index (χ2v) is 6.23. The summed E-state index contributed by atoms with van der Waals surface area (Å²) in [6, 6.07) is 0. The van der Waals surface area contributed by atoms with E-state index in [-0.39, 0.29) is 11.6 Å². The number of unbranched alkanes of at least 4 members (excludes halogenated alkanes) is 2. The van der Waals surface area contributed by atoms with Crippen LogP contribution in [-0.2, 0) is 9.53 Å². The van der Waals surface area contributed by atoms with Gasteiger partial charge in [-0.25, -0.2) is 0 Å². The van der Waals surface area contributed by atoms with Gasteiger partial charge in [-0.3, -0.25) is 4.79 Å². The lowest BCUT2D eigenvalue weighted by Gasteiger charge is -2.19. The zero-order valence-corrected chi connectivity index (χ0v) is 12.0. The van der Waals surface area contributed by atoms with Crippen LogP contribution in [0.1, 0.15) is 59.8 Å². The number of carbonyl (C=O) groups excluding carboxylic acids is 1. The highest BCUT2D eigenvalue weighted by molar-refractivity contribution is 7.99. The molecule has 16 heavy (non-hydrogen) atoms. The Hall–Kier alpha value is -0.180. The Balaban J connectivity index is 3.28. The summed E-state index contributed by atoms with van der Waals surface area (Å²) in [5.74, 6) is 2.23. The highest BCUT2D eigenvalue weighted by Gasteiger charge is 2.15. The molecule has 0 aliphatic rings. The van der Waals surface area contributed by atoms with Crippen LogP contribution >= 0.6 is 11.8 Å². The third-order valence-electron chi connectivity index (χ3n) is 1.98. The number of carbonyl (C=O) groups is 1. The van der Waals surface area contributed by atoms with Crippen molar-refractivity contribution in [2.75, 3.05) is 11.5 Å². The van der Waals surface area contributed by atoms with Gasteiger partial charge < -0.3 is 4.74 Å². The van der Waals surface area contributed by atoms with E-state index < -0.39 is 0 Å². The van der Waals surface area contributed by atoms with E-state index >= 15 is 0 Å². The molecule has 0 aliphatic carbocycles. The lowest BCUT2D eigenvalue weighted by molar-refractivity contribution is -0.154. The molecule has 0 heterocycles. The third-order valence-corrected chi connectivity index (χ3v) is 3.14. The molecule has 0 aliphatic heterocycles. The molecule has 0 saturated carbocycles. The average molecular weight is 246 g/mol. The molecule has 0 radical (unpaired) electrons. The number of ether oxygens (including phenoxy) is 1. The first-order valence-electron chi connectivity index (χ1n) is 6.25. The molecule has 0 rings (SSSR count). The molecular formula is C13H26O2S.